The van der Waals surface area contributed by atoms with Gasteiger partial charge in [0, 0.05) is 12.5 Å². The minimum atomic E-state index is -0.581. The minimum Gasteiger partial charge on any atom is -0.481 e. The third-order valence-electron chi connectivity index (χ3n) is 14.7. The Hall–Kier alpha value is -1.44. The van der Waals surface area contributed by atoms with Crippen LogP contribution in [-0.2, 0) is 28.5 Å². The van der Waals surface area contributed by atoms with E-state index in [1.807, 2.05) is 0 Å². The summed E-state index contributed by atoms with van der Waals surface area (Å²) in [5, 5.41) is 10.6. The van der Waals surface area contributed by atoms with Gasteiger partial charge in [0.1, 0.15) is 12.7 Å². The summed E-state index contributed by atoms with van der Waals surface area (Å²) >= 11 is 0. The lowest BCUT2D eigenvalue weighted by atomic mass is 9.32. The largest absolute Gasteiger partial charge is 0.481 e. The summed E-state index contributed by atoms with van der Waals surface area (Å²) < 4.78 is 22.1. The lowest BCUT2D eigenvalue weighted by Gasteiger charge is -2.72. The van der Waals surface area contributed by atoms with Crippen molar-refractivity contribution >= 4 is 11.9 Å². The first kappa shape index (κ1) is 33.9. The van der Waals surface area contributed by atoms with E-state index in [0.29, 0.717) is 50.1 Å². The van der Waals surface area contributed by atoms with Crippen molar-refractivity contribution in [1.29, 1.82) is 0 Å². The maximum absolute atomic E-state index is 12.9. The Morgan fingerprint density at radius 3 is 2.18 bits per heavy atom. The van der Waals surface area contributed by atoms with Gasteiger partial charge in [-0.15, -0.1) is 0 Å². The Labute approximate surface area is 266 Å². The molecule has 0 aromatic carbocycles. The van der Waals surface area contributed by atoms with Crippen molar-refractivity contribution in [2.45, 2.75) is 112 Å². The zero-order valence-electron chi connectivity index (χ0n) is 28.7. The number of ether oxygens (including phenoxy) is 4. The molecule has 0 radical (unpaired) electrons. The summed E-state index contributed by atoms with van der Waals surface area (Å²) in [6, 6.07) is 0. The molecule has 0 spiro atoms. The van der Waals surface area contributed by atoms with Crippen LogP contribution < -0.4 is 0 Å². The van der Waals surface area contributed by atoms with E-state index in [0.717, 1.165) is 57.8 Å². The highest BCUT2D eigenvalue weighted by Gasteiger charge is 2.72. The normalized spacial score (nSPS) is 44.1. The predicted molar refractivity (Wildman–Crippen MR) is 170 cm³/mol. The van der Waals surface area contributed by atoms with Crippen molar-refractivity contribution in [3.63, 3.8) is 0 Å². The fraction of sp³-hybridized carbons (Fsp3) is 0.892. The van der Waals surface area contributed by atoms with Crippen LogP contribution in [0.25, 0.3) is 0 Å². The lowest BCUT2D eigenvalue weighted by molar-refractivity contribution is -0.250. The van der Waals surface area contributed by atoms with Crippen molar-refractivity contribution in [3.05, 3.63) is 12.2 Å². The van der Waals surface area contributed by atoms with Gasteiger partial charge in [-0.1, -0.05) is 46.8 Å². The summed E-state index contributed by atoms with van der Waals surface area (Å²) in [6.45, 7) is 20.6. The molecule has 5 unspecified atom stereocenters. The number of carboxylic acids is 1. The topological polar surface area (TPSA) is 91.3 Å². The molecule has 1 N–H and O–H groups in total. The molecule has 250 valence electrons. The van der Waals surface area contributed by atoms with Crippen LogP contribution >= 0.6 is 0 Å². The molecular formula is C37H60O7. The minimum absolute atomic E-state index is 0.0488. The number of esters is 1. The van der Waals surface area contributed by atoms with Gasteiger partial charge in [0.05, 0.1) is 31.8 Å². The van der Waals surface area contributed by atoms with E-state index >= 15 is 0 Å². The van der Waals surface area contributed by atoms with E-state index in [1.54, 1.807) is 7.11 Å². The zero-order chi connectivity index (χ0) is 32.1. The Balaban J connectivity index is 1.30. The quantitative estimate of drug-likeness (QED) is 0.148. The van der Waals surface area contributed by atoms with E-state index in [2.05, 4.69) is 48.1 Å². The number of allylic oxidation sites excluding steroid dienone is 1. The van der Waals surface area contributed by atoms with Gasteiger partial charge in [-0.05, 0) is 117 Å². The van der Waals surface area contributed by atoms with Crippen molar-refractivity contribution in [3.8, 4) is 0 Å². The number of hydrogen-bond donors (Lipinski definition) is 1. The van der Waals surface area contributed by atoms with E-state index in [-0.39, 0.29) is 46.3 Å². The number of carboxylic acid groups (broad SMARTS) is 1. The molecule has 5 aliphatic carbocycles. The average molecular weight is 617 g/mol. The maximum Gasteiger partial charge on any atom is 0.332 e. The summed E-state index contributed by atoms with van der Waals surface area (Å²) in [4.78, 5) is 25.8. The molecule has 5 fully saturated rings. The third kappa shape index (κ3) is 5.19. The van der Waals surface area contributed by atoms with Crippen LogP contribution in [0, 0.1) is 56.7 Å². The second kappa shape index (κ2) is 12.3. The molecule has 0 aromatic heterocycles. The molecule has 0 saturated heterocycles. The molecule has 10 atom stereocenters. The number of methoxy groups -OCH3 is 1. The predicted octanol–water partition coefficient (Wildman–Crippen LogP) is 7.32. The van der Waals surface area contributed by atoms with Gasteiger partial charge in [-0.3, -0.25) is 4.79 Å². The van der Waals surface area contributed by atoms with Crippen LogP contribution in [0.15, 0.2) is 12.2 Å². The number of fused-ring (bicyclic) bond motifs is 7. The molecule has 0 heterocycles. The smallest absolute Gasteiger partial charge is 0.332 e. The number of aliphatic carboxylic acids is 1. The molecule has 5 rings (SSSR count). The number of carbonyl (C=O) groups is 2. The first-order valence-electron chi connectivity index (χ1n) is 17.4. The molecule has 0 bridgehead atoms. The molecule has 5 aliphatic rings. The number of hydrogen-bond acceptors (Lipinski definition) is 6. The number of carbonyl (C=O) groups excluding carboxylic acids is 1. The monoisotopic (exact) mass is 616 g/mol. The molecule has 0 aromatic rings. The van der Waals surface area contributed by atoms with Gasteiger partial charge in [-0.25, -0.2) is 4.79 Å². The highest BCUT2D eigenvalue weighted by atomic mass is 16.6. The zero-order valence-corrected chi connectivity index (χ0v) is 28.7. The summed E-state index contributed by atoms with van der Waals surface area (Å²) in [7, 11) is 1.64. The van der Waals surface area contributed by atoms with Crippen molar-refractivity contribution in [1.82, 2.24) is 0 Å². The van der Waals surface area contributed by atoms with Gasteiger partial charge in [0.15, 0.2) is 0 Å². The van der Waals surface area contributed by atoms with Crippen LogP contribution in [0.5, 0.6) is 0 Å². The van der Waals surface area contributed by atoms with E-state index < -0.39 is 11.4 Å². The Morgan fingerprint density at radius 1 is 0.795 bits per heavy atom. The Kier molecular flexibility index (Phi) is 9.48. The number of rotatable bonds is 11. The Morgan fingerprint density at radius 2 is 1.50 bits per heavy atom. The second-order valence-corrected chi connectivity index (χ2v) is 16.6. The first-order chi connectivity index (χ1) is 20.7. The van der Waals surface area contributed by atoms with Crippen LogP contribution in [0.3, 0.4) is 0 Å². The van der Waals surface area contributed by atoms with Crippen molar-refractivity contribution < 1.29 is 33.6 Å². The van der Waals surface area contributed by atoms with Gasteiger partial charge in [-0.2, -0.15) is 0 Å². The lowest BCUT2D eigenvalue weighted by Crippen LogP contribution is -2.67. The van der Waals surface area contributed by atoms with Gasteiger partial charge < -0.3 is 24.1 Å². The molecule has 7 heteroatoms. The van der Waals surface area contributed by atoms with Crippen molar-refractivity contribution in [2.24, 2.45) is 56.7 Å². The highest BCUT2D eigenvalue weighted by molar-refractivity contribution is 5.76. The average Bonchev–Trinajstić information content (AvgIpc) is 3.36. The van der Waals surface area contributed by atoms with Gasteiger partial charge >= 0.3 is 11.9 Å². The van der Waals surface area contributed by atoms with Gasteiger partial charge in [0.2, 0.25) is 0 Å². The van der Waals surface area contributed by atoms with Crippen molar-refractivity contribution in [2.75, 3.05) is 40.1 Å². The fourth-order valence-electron chi connectivity index (χ4n) is 12.4. The molecule has 5 saturated carbocycles. The molecule has 0 aliphatic heterocycles. The van der Waals surface area contributed by atoms with Crippen LogP contribution in [0.4, 0.5) is 0 Å². The third-order valence-corrected chi connectivity index (χ3v) is 14.7. The van der Waals surface area contributed by atoms with E-state index in [9.17, 15) is 14.7 Å². The highest BCUT2D eigenvalue weighted by Crippen LogP contribution is 2.77. The standard InChI is InChI=1S/C37H60O7/c1-24(2)25-11-16-37(32(39)40)18-17-35(6)26(31(25)37)9-10-28-34(5)14-13-29(33(3,4)27(34)12-15-36(28,35)7)44-30(38)23-43-22-21-42-20-19-41-8/h25-29,31H,1,9-23H2,2-8H3,(H,39,40)/t25?,26?,27?,28?,29-,31?,34-,35+,36+,37-/m0/s1. The van der Waals surface area contributed by atoms with Crippen LogP contribution in [-0.4, -0.2) is 63.3 Å². The van der Waals surface area contributed by atoms with Gasteiger partial charge in [0.25, 0.3) is 0 Å². The SMILES string of the molecule is C=C(C)C1CC[C@]2(C(=O)O)CC[C@]3(C)C(CCC4[C@@]5(C)CC[C@H](OC(=O)COCCOCCOC)C(C)(C)C5CC[C@]43C)C12. The molecular weight excluding hydrogens is 556 g/mol. The summed E-state index contributed by atoms with van der Waals surface area (Å²) in [5.74, 6) is 1.13. The maximum atomic E-state index is 12.9. The Bertz CT molecular complexity index is 1100. The van der Waals surface area contributed by atoms with Crippen LogP contribution in [0.1, 0.15) is 106 Å². The van der Waals surface area contributed by atoms with Crippen LogP contribution in [0.2, 0.25) is 0 Å². The van der Waals surface area contributed by atoms with E-state index in [4.69, 9.17) is 18.9 Å². The first-order valence-corrected chi connectivity index (χ1v) is 17.4. The summed E-state index contributed by atoms with van der Waals surface area (Å²) in [5.41, 5.74) is 0.903. The fourth-order valence-corrected chi connectivity index (χ4v) is 12.4. The summed E-state index contributed by atoms with van der Waals surface area (Å²) in [6.07, 6.45) is 9.98. The van der Waals surface area contributed by atoms with E-state index in [1.165, 1.54) is 12.0 Å². The molecule has 0 amide bonds. The second-order valence-electron chi connectivity index (χ2n) is 16.6. The molecule has 44 heavy (non-hydrogen) atoms. The molecule has 7 nitrogen and oxygen atoms in total.